The SMILES string of the molecule is CNC(CC1OCCc2ccccc21)c1cccc(C)n1. The molecule has 1 aromatic carbocycles. The number of benzene rings is 1. The van der Waals surface area contributed by atoms with Crippen LogP contribution in [0.15, 0.2) is 42.5 Å². The van der Waals surface area contributed by atoms with E-state index in [0.717, 1.165) is 30.8 Å². The summed E-state index contributed by atoms with van der Waals surface area (Å²) >= 11 is 0. The largest absolute Gasteiger partial charge is 0.373 e. The van der Waals surface area contributed by atoms with Gasteiger partial charge in [-0.3, -0.25) is 4.98 Å². The number of hydrogen-bond donors (Lipinski definition) is 1. The van der Waals surface area contributed by atoms with Crippen molar-refractivity contribution in [2.24, 2.45) is 0 Å². The molecule has 2 aromatic rings. The fourth-order valence-corrected chi connectivity index (χ4v) is 3.03. The molecule has 2 unspecified atom stereocenters. The molecule has 0 aliphatic carbocycles. The standard InChI is InChI=1S/C18H22N2O/c1-13-6-5-9-16(20-13)17(19-2)12-18-15-8-4-3-7-14(15)10-11-21-18/h3-9,17-19H,10-12H2,1-2H3. The van der Waals surface area contributed by atoms with Crippen LogP contribution in [0.2, 0.25) is 0 Å². The second-order valence-electron chi connectivity index (χ2n) is 5.59. The van der Waals surface area contributed by atoms with E-state index in [0.29, 0.717) is 0 Å². The minimum absolute atomic E-state index is 0.148. The van der Waals surface area contributed by atoms with E-state index < -0.39 is 0 Å². The predicted octanol–water partition coefficient (Wildman–Crippen LogP) is 3.35. The summed E-state index contributed by atoms with van der Waals surface area (Å²) in [7, 11) is 1.99. The molecule has 0 radical (unpaired) electrons. The molecule has 0 saturated carbocycles. The van der Waals surface area contributed by atoms with E-state index in [2.05, 4.69) is 46.7 Å². The summed E-state index contributed by atoms with van der Waals surface area (Å²) in [5.41, 5.74) is 4.89. The Kier molecular flexibility index (Phi) is 4.32. The molecule has 110 valence electrons. The van der Waals surface area contributed by atoms with Crippen molar-refractivity contribution < 1.29 is 4.74 Å². The number of nitrogens with one attached hydrogen (secondary N) is 1. The molecule has 0 bridgehead atoms. The summed E-state index contributed by atoms with van der Waals surface area (Å²) in [6, 6.07) is 15.0. The van der Waals surface area contributed by atoms with Crippen LogP contribution in [-0.4, -0.2) is 18.6 Å². The molecular formula is C18H22N2O. The third-order valence-electron chi connectivity index (χ3n) is 4.16. The van der Waals surface area contributed by atoms with Crippen molar-refractivity contribution in [3.05, 3.63) is 65.0 Å². The summed E-state index contributed by atoms with van der Waals surface area (Å²) in [6.45, 7) is 2.84. The molecule has 1 aliphatic rings. The van der Waals surface area contributed by atoms with Gasteiger partial charge in [-0.15, -0.1) is 0 Å². The van der Waals surface area contributed by atoms with Crippen LogP contribution in [0.1, 0.15) is 41.1 Å². The first-order chi connectivity index (χ1) is 10.3. The molecule has 2 heterocycles. The van der Waals surface area contributed by atoms with Crippen LogP contribution >= 0.6 is 0 Å². The van der Waals surface area contributed by atoms with Gasteiger partial charge in [0, 0.05) is 5.69 Å². The third-order valence-corrected chi connectivity index (χ3v) is 4.16. The lowest BCUT2D eigenvalue weighted by Crippen LogP contribution is -2.24. The summed E-state index contributed by atoms with van der Waals surface area (Å²) in [6.07, 6.45) is 2.07. The highest BCUT2D eigenvalue weighted by molar-refractivity contribution is 5.31. The monoisotopic (exact) mass is 282 g/mol. The molecule has 3 rings (SSSR count). The summed E-state index contributed by atoms with van der Waals surface area (Å²) < 4.78 is 6.02. The maximum absolute atomic E-state index is 6.02. The number of hydrogen-bond acceptors (Lipinski definition) is 3. The normalized spacial score (nSPS) is 19.0. The summed E-state index contributed by atoms with van der Waals surface area (Å²) in [5, 5.41) is 3.38. The van der Waals surface area contributed by atoms with Gasteiger partial charge in [-0.2, -0.15) is 0 Å². The topological polar surface area (TPSA) is 34.1 Å². The van der Waals surface area contributed by atoms with Gasteiger partial charge in [0.05, 0.1) is 24.4 Å². The Labute approximate surface area is 126 Å². The van der Waals surface area contributed by atoms with E-state index in [1.54, 1.807) is 0 Å². The zero-order chi connectivity index (χ0) is 14.7. The van der Waals surface area contributed by atoms with E-state index in [4.69, 9.17) is 4.74 Å². The minimum Gasteiger partial charge on any atom is -0.373 e. The van der Waals surface area contributed by atoms with Gasteiger partial charge >= 0.3 is 0 Å². The Balaban J connectivity index is 1.82. The van der Waals surface area contributed by atoms with Crippen molar-refractivity contribution >= 4 is 0 Å². The minimum atomic E-state index is 0.148. The van der Waals surface area contributed by atoms with Gasteiger partial charge in [0.25, 0.3) is 0 Å². The highest BCUT2D eigenvalue weighted by Crippen LogP contribution is 2.33. The van der Waals surface area contributed by atoms with Crippen LogP contribution in [0.5, 0.6) is 0 Å². The van der Waals surface area contributed by atoms with E-state index in [1.807, 2.05) is 20.0 Å². The van der Waals surface area contributed by atoms with Crippen LogP contribution in [0.4, 0.5) is 0 Å². The lowest BCUT2D eigenvalue weighted by molar-refractivity contribution is 0.0295. The average molecular weight is 282 g/mol. The smallest absolute Gasteiger partial charge is 0.0846 e. The lowest BCUT2D eigenvalue weighted by Gasteiger charge is -2.29. The van der Waals surface area contributed by atoms with Gasteiger partial charge in [0.15, 0.2) is 0 Å². The van der Waals surface area contributed by atoms with E-state index in [1.165, 1.54) is 11.1 Å². The van der Waals surface area contributed by atoms with Crippen molar-refractivity contribution in [2.45, 2.75) is 31.9 Å². The first-order valence-electron chi connectivity index (χ1n) is 7.58. The van der Waals surface area contributed by atoms with Crippen LogP contribution in [0.3, 0.4) is 0 Å². The van der Waals surface area contributed by atoms with Crippen molar-refractivity contribution in [3.8, 4) is 0 Å². The van der Waals surface area contributed by atoms with Crippen molar-refractivity contribution in [1.29, 1.82) is 0 Å². The number of pyridine rings is 1. The van der Waals surface area contributed by atoms with E-state index in [9.17, 15) is 0 Å². The molecule has 1 aliphatic heterocycles. The third kappa shape index (κ3) is 3.14. The van der Waals surface area contributed by atoms with Crippen molar-refractivity contribution in [3.63, 3.8) is 0 Å². The van der Waals surface area contributed by atoms with E-state index in [-0.39, 0.29) is 12.1 Å². The van der Waals surface area contributed by atoms with Crippen LogP contribution in [-0.2, 0) is 11.2 Å². The van der Waals surface area contributed by atoms with Gasteiger partial charge in [-0.1, -0.05) is 30.3 Å². The highest BCUT2D eigenvalue weighted by atomic mass is 16.5. The van der Waals surface area contributed by atoms with E-state index >= 15 is 0 Å². The van der Waals surface area contributed by atoms with Gasteiger partial charge < -0.3 is 10.1 Å². The van der Waals surface area contributed by atoms with Crippen LogP contribution < -0.4 is 5.32 Å². The average Bonchev–Trinajstić information content (AvgIpc) is 2.52. The lowest BCUT2D eigenvalue weighted by atomic mass is 9.92. The van der Waals surface area contributed by atoms with Crippen LogP contribution in [0, 0.1) is 6.92 Å². The molecule has 1 aromatic heterocycles. The Morgan fingerprint density at radius 2 is 2.10 bits per heavy atom. The number of nitrogens with zero attached hydrogens (tertiary/aromatic N) is 1. The van der Waals surface area contributed by atoms with Crippen LogP contribution in [0.25, 0.3) is 0 Å². The van der Waals surface area contributed by atoms with Gasteiger partial charge in [-0.25, -0.2) is 0 Å². The molecule has 21 heavy (non-hydrogen) atoms. The maximum atomic E-state index is 6.02. The first kappa shape index (κ1) is 14.2. The van der Waals surface area contributed by atoms with Gasteiger partial charge in [-0.05, 0) is 50.1 Å². The number of aromatic nitrogens is 1. The Morgan fingerprint density at radius 1 is 1.24 bits per heavy atom. The zero-order valence-corrected chi connectivity index (χ0v) is 12.7. The predicted molar refractivity (Wildman–Crippen MR) is 84.2 cm³/mol. The Morgan fingerprint density at radius 3 is 2.90 bits per heavy atom. The summed E-state index contributed by atoms with van der Waals surface area (Å²) in [5.74, 6) is 0. The molecule has 1 N–H and O–H groups in total. The second kappa shape index (κ2) is 6.37. The first-order valence-corrected chi connectivity index (χ1v) is 7.58. The molecular weight excluding hydrogens is 260 g/mol. The fourth-order valence-electron chi connectivity index (χ4n) is 3.03. The summed E-state index contributed by atoms with van der Waals surface area (Å²) in [4.78, 5) is 4.65. The number of fused-ring (bicyclic) bond motifs is 1. The number of ether oxygens (including phenoxy) is 1. The second-order valence-corrected chi connectivity index (χ2v) is 5.59. The number of aryl methyl sites for hydroxylation is 1. The molecule has 3 nitrogen and oxygen atoms in total. The van der Waals surface area contributed by atoms with Crippen molar-refractivity contribution in [1.82, 2.24) is 10.3 Å². The quantitative estimate of drug-likeness (QED) is 0.933. The maximum Gasteiger partial charge on any atom is 0.0846 e. The van der Waals surface area contributed by atoms with Crippen molar-refractivity contribution in [2.75, 3.05) is 13.7 Å². The molecule has 2 atom stereocenters. The fraction of sp³-hybridized carbons (Fsp3) is 0.389. The van der Waals surface area contributed by atoms with Gasteiger partial charge in [0.1, 0.15) is 0 Å². The number of rotatable bonds is 4. The molecule has 0 saturated heterocycles. The zero-order valence-electron chi connectivity index (χ0n) is 12.7. The Hall–Kier alpha value is -1.71. The molecule has 0 amide bonds. The molecule has 3 heteroatoms. The molecule has 0 spiro atoms. The highest BCUT2D eigenvalue weighted by Gasteiger charge is 2.24. The Bertz CT molecular complexity index is 612. The van der Waals surface area contributed by atoms with Gasteiger partial charge in [0.2, 0.25) is 0 Å². The molecule has 0 fully saturated rings.